The first-order valence-corrected chi connectivity index (χ1v) is 8.13. The molecule has 5 nitrogen and oxygen atoms in total. The Morgan fingerprint density at radius 1 is 1.21 bits per heavy atom. The van der Waals surface area contributed by atoms with Crippen molar-refractivity contribution >= 4 is 17.5 Å². The maximum absolute atomic E-state index is 12.0. The van der Waals surface area contributed by atoms with Crippen LogP contribution >= 0.6 is 11.6 Å². The van der Waals surface area contributed by atoms with Crippen molar-refractivity contribution in [2.24, 2.45) is 0 Å². The molecule has 1 amide bonds. The molecule has 0 fully saturated rings. The molecule has 0 saturated heterocycles. The number of benzene rings is 2. The van der Waals surface area contributed by atoms with E-state index in [2.05, 4.69) is 10.6 Å². The van der Waals surface area contributed by atoms with Gasteiger partial charge in [0.1, 0.15) is 0 Å². The molecular formula is C18H19ClN2O3. The van der Waals surface area contributed by atoms with E-state index in [1.807, 2.05) is 49.4 Å². The molecule has 0 bridgehead atoms. The molecule has 0 saturated carbocycles. The van der Waals surface area contributed by atoms with Crippen molar-refractivity contribution in [3.8, 4) is 11.5 Å². The predicted molar refractivity (Wildman–Crippen MR) is 92.3 cm³/mol. The van der Waals surface area contributed by atoms with Crippen molar-refractivity contribution < 1.29 is 14.3 Å². The monoisotopic (exact) mass is 346 g/mol. The zero-order valence-corrected chi connectivity index (χ0v) is 14.1. The fourth-order valence-electron chi connectivity index (χ4n) is 2.45. The summed E-state index contributed by atoms with van der Waals surface area (Å²) in [5, 5.41) is 6.76. The molecule has 0 radical (unpaired) electrons. The lowest BCUT2D eigenvalue weighted by molar-refractivity contribution is -0.120. The zero-order valence-electron chi connectivity index (χ0n) is 13.3. The van der Waals surface area contributed by atoms with E-state index in [1.165, 1.54) is 0 Å². The molecule has 0 unspecified atom stereocenters. The number of rotatable bonds is 6. The lowest BCUT2D eigenvalue weighted by Gasteiger charge is -2.14. The maximum Gasteiger partial charge on any atom is 0.234 e. The molecule has 1 aliphatic heterocycles. The van der Waals surface area contributed by atoms with Crippen molar-refractivity contribution in [3.05, 3.63) is 58.6 Å². The van der Waals surface area contributed by atoms with Crippen LogP contribution in [0, 0.1) is 0 Å². The van der Waals surface area contributed by atoms with E-state index in [9.17, 15) is 4.79 Å². The van der Waals surface area contributed by atoms with Crippen LogP contribution in [0.1, 0.15) is 24.1 Å². The minimum Gasteiger partial charge on any atom is -0.454 e. The first kappa shape index (κ1) is 16.6. The van der Waals surface area contributed by atoms with E-state index < -0.39 is 0 Å². The van der Waals surface area contributed by atoms with Gasteiger partial charge < -0.3 is 20.1 Å². The number of hydrogen-bond acceptors (Lipinski definition) is 4. The summed E-state index contributed by atoms with van der Waals surface area (Å²) in [7, 11) is 0. The highest BCUT2D eigenvalue weighted by molar-refractivity contribution is 6.30. The van der Waals surface area contributed by atoms with Gasteiger partial charge >= 0.3 is 0 Å². The lowest BCUT2D eigenvalue weighted by Crippen LogP contribution is -2.34. The molecule has 1 atom stereocenters. The summed E-state index contributed by atoms with van der Waals surface area (Å²) in [6.07, 6.45) is 0. The van der Waals surface area contributed by atoms with Gasteiger partial charge in [-0.2, -0.15) is 0 Å². The molecular weight excluding hydrogens is 328 g/mol. The van der Waals surface area contributed by atoms with Crippen LogP contribution in [0.4, 0.5) is 0 Å². The summed E-state index contributed by atoms with van der Waals surface area (Å²) in [6.45, 7) is 2.92. The highest BCUT2D eigenvalue weighted by Gasteiger charge is 2.13. The number of amides is 1. The second-order valence-corrected chi connectivity index (χ2v) is 6.06. The Labute approximate surface area is 145 Å². The molecule has 6 heteroatoms. The van der Waals surface area contributed by atoms with Crippen LogP contribution in [0.25, 0.3) is 0 Å². The number of halogens is 1. The molecule has 0 spiro atoms. The van der Waals surface area contributed by atoms with E-state index in [4.69, 9.17) is 21.1 Å². The van der Waals surface area contributed by atoms with Crippen molar-refractivity contribution in [2.75, 3.05) is 13.3 Å². The largest absolute Gasteiger partial charge is 0.454 e. The van der Waals surface area contributed by atoms with E-state index >= 15 is 0 Å². The third-order valence-electron chi connectivity index (χ3n) is 3.84. The number of carbonyl (C=O) groups excluding carboxylic acids is 1. The molecule has 0 aromatic heterocycles. The molecule has 126 valence electrons. The molecule has 1 heterocycles. The highest BCUT2D eigenvalue weighted by atomic mass is 35.5. The second kappa shape index (κ2) is 7.55. The Morgan fingerprint density at radius 3 is 2.88 bits per heavy atom. The third-order valence-corrected chi connectivity index (χ3v) is 4.08. The SMILES string of the molecule is C[C@@H](NCC(=O)NCc1ccc2c(c1)OCO2)c1cccc(Cl)c1. The van der Waals surface area contributed by atoms with Gasteiger partial charge in [-0.15, -0.1) is 0 Å². The molecule has 2 aromatic rings. The van der Waals surface area contributed by atoms with Crippen molar-refractivity contribution in [1.29, 1.82) is 0 Å². The van der Waals surface area contributed by atoms with Gasteiger partial charge in [-0.3, -0.25) is 4.79 Å². The Kier molecular flexibility index (Phi) is 5.23. The van der Waals surface area contributed by atoms with Gasteiger partial charge in [0.05, 0.1) is 6.54 Å². The standard InChI is InChI=1S/C18H19ClN2O3/c1-12(14-3-2-4-15(19)8-14)20-10-18(22)21-9-13-5-6-16-17(7-13)24-11-23-16/h2-8,12,20H,9-11H2,1H3,(H,21,22)/t12-/m1/s1. The molecule has 1 aliphatic rings. The fourth-order valence-corrected chi connectivity index (χ4v) is 2.65. The highest BCUT2D eigenvalue weighted by Crippen LogP contribution is 2.32. The number of carbonyl (C=O) groups is 1. The molecule has 2 aromatic carbocycles. The van der Waals surface area contributed by atoms with Crippen molar-refractivity contribution in [3.63, 3.8) is 0 Å². The van der Waals surface area contributed by atoms with Gasteiger partial charge in [-0.1, -0.05) is 29.8 Å². The lowest BCUT2D eigenvalue weighted by atomic mass is 10.1. The number of hydrogen-bond donors (Lipinski definition) is 2. The second-order valence-electron chi connectivity index (χ2n) is 5.62. The van der Waals surface area contributed by atoms with Crippen LogP contribution in [0.3, 0.4) is 0 Å². The van der Waals surface area contributed by atoms with Crippen LogP contribution in [-0.4, -0.2) is 19.2 Å². The maximum atomic E-state index is 12.0. The third kappa shape index (κ3) is 4.19. The average Bonchev–Trinajstić information content (AvgIpc) is 3.05. The van der Waals surface area contributed by atoms with Crippen LogP contribution in [0.15, 0.2) is 42.5 Å². The van der Waals surface area contributed by atoms with Gasteiger partial charge in [0.25, 0.3) is 0 Å². The normalized spacial score (nSPS) is 13.6. The zero-order chi connectivity index (χ0) is 16.9. The summed E-state index contributed by atoms with van der Waals surface area (Å²) in [5.41, 5.74) is 2.02. The topological polar surface area (TPSA) is 59.6 Å². The number of ether oxygens (including phenoxy) is 2. The van der Waals surface area contributed by atoms with Crippen molar-refractivity contribution in [2.45, 2.75) is 19.5 Å². The molecule has 2 N–H and O–H groups in total. The van der Waals surface area contributed by atoms with Crippen LogP contribution < -0.4 is 20.1 Å². The summed E-state index contributed by atoms with van der Waals surface area (Å²) >= 11 is 5.98. The minimum atomic E-state index is -0.0680. The van der Waals surface area contributed by atoms with Gasteiger partial charge in [-0.05, 0) is 42.3 Å². The van der Waals surface area contributed by atoms with Crippen molar-refractivity contribution in [1.82, 2.24) is 10.6 Å². The van der Waals surface area contributed by atoms with Gasteiger partial charge in [-0.25, -0.2) is 0 Å². The van der Waals surface area contributed by atoms with E-state index in [0.717, 1.165) is 22.6 Å². The van der Waals surface area contributed by atoms with Gasteiger partial charge in [0, 0.05) is 17.6 Å². The Hall–Kier alpha value is -2.24. The summed E-state index contributed by atoms with van der Waals surface area (Å²) in [4.78, 5) is 12.0. The van der Waals surface area contributed by atoms with Crippen LogP contribution in [0.5, 0.6) is 11.5 Å². The first-order chi connectivity index (χ1) is 11.6. The average molecular weight is 347 g/mol. The van der Waals surface area contributed by atoms with Gasteiger partial charge in [0.2, 0.25) is 12.7 Å². The van der Waals surface area contributed by atoms with Crippen LogP contribution in [0.2, 0.25) is 5.02 Å². The number of fused-ring (bicyclic) bond motifs is 1. The van der Waals surface area contributed by atoms with E-state index in [1.54, 1.807) is 0 Å². The van der Waals surface area contributed by atoms with E-state index in [0.29, 0.717) is 11.6 Å². The molecule has 3 rings (SSSR count). The first-order valence-electron chi connectivity index (χ1n) is 7.76. The Morgan fingerprint density at radius 2 is 2.04 bits per heavy atom. The summed E-state index contributed by atoms with van der Waals surface area (Å²) < 4.78 is 10.6. The Bertz CT molecular complexity index is 736. The smallest absolute Gasteiger partial charge is 0.234 e. The predicted octanol–water partition coefficient (Wildman–Crippen LogP) is 3.04. The fraction of sp³-hybridized carbons (Fsp3) is 0.278. The number of nitrogens with one attached hydrogen (secondary N) is 2. The Balaban J connectivity index is 1.46. The van der Waals surface area contributed by atoms with Gasteiger partial charge in [0.15, 0.2) is 11.5 Å². The molecule has 24 heavy (non-hydrogen) atoms. The summed E-state index contributed by atoms with van der Waals surface area (Å²) in [6, 6.07) is 13.3. The minimum absolute atomic E-state index is 0.0417. The van der Waals surface area contributed by atoms with E-state index in [-0.39, 0.29) is 25.3 Å². The quantitative estimate of drug-likeness (QED) is 0.844. The van der Waals surface area contributed by atoms with Crippen LogP contribution in [-0.2, 0) is 11.3 Å². The molecule has 0 aliphatic carbocycles. The summed E-state index contributed by atoms with van der Waals surface area (Å²) in [5.74, 6) is 1.39.